The van der Waals surface area contributed by atoms with Crippen LogP contribution in [-0.2, 0) is 4.74 Å². The van der Waals surface area contributed by atoms with E-state index < -0.39 is 0 Å². The van der Waals surface area contributed by atoms with Crippen molar-refractivity contribution >= 4 is 27.8 Å². The Labute approximate surface area is 149 Å². The molecular weight excluding hydrogens is 340 g/mol. The van der Waals surface area contributed by atoms with Crippen molar-refractivity contribution in [3.05, 3.63) is 34.4 Å². The van der Waals surface area contributed by atoms with Crippen LogP contribution < -0.4 is 5.32 Å². The fourth-order valence-corrected chi connectivity index (χ4v) is 4.60. The number of nitrogens with one attached hydrogen (secondary N) is 1. The summed E-state index contributed by atoms with van der Waals surface area (Å²) in [7, 11) is 0. The molecule has 1 saturated heterocycles. The molecule has 1 atom stereocenters. The number of aryl methyl sites for hydroxylation is 1. The maximum absolute atomic E-state index is 5.65. The molecule has 1 N–H and O–H groups in total. The van der Waals surface area contributed by atoms with E-state index in [4.69, 9.17) is 9.72 Å². The average molecular weight is 361 g/mol. The first-order valence-corrected chi connectivity index (χ1v) is 9.88. The average Bonchev–Trinajstić information content (AvgIpc) is 3.34. The minimum absolute atomic E-state index is 0.326. The predicted octanol–water partition coefficient (Wildman–Crippen LogP) is 4.27. The number of hydrogen-bond acceptors (Lipinski definition) is 6. The summed E-state index contributed by atoms with van der Waals surface area (Å²) in [4.78, 5) is 9.19. The first-order valence-electron chi connectivity index (χ1n) is 8.12. The van der Waals surface area contributed by atoms with Crippen LogP contribution >= 0.6 is 22.7 Å². The van der Waals surface area contributed by atoms with E-state index in [9.17, 15) is 0 Å². The van der Waals surface area contributed by atoms with Crippen LogP contribution in [0.25, 0.3) is 16.4 Å². The van der Waals surface area contributed by atoms with E-state index in [1.165, 1.54) is 17.0 Å². The van der Waals surface area contributed by atoms with Crippen LogP contribution in [0, 0.1) is 13.8 Å². The molecule has 0 radical (unpaired) electrons. The van der Waals surface area contributed by atoms with Crippen molar-refractivity contribution in [1.29, 1.82) is 0 Å². The summed E-state index contributed by atoms with van der Waals surface area (Å²) in [5.74, 6) is 0. The summed E-state index contributed by atoms with van der Waals surface area (Å²) < 4.78 is 7.84. The van der Waals surface area contributed by atoms with E-state index in [1.807, 2.05) is 11.6 Å². The maximum atomic E-state index is 5.65. The molecule has 5 nitrogen and oxygen atoms in total. The van der Waals surface area contributed by atoms with E-state index in [2.05, 4.69) is 40.2 Å². The third kappa shape index (κ3) is 2.99. The highest BCUT2D eigenvalue weighted by molar-refractivity contribution is 7.14. The standard InChI is InChI=1S/C17H20N4OS2/c1-11-8-14(12(2)21(11)17-18-5-7-23-17)15-10-24-16(20-15)19-9-13-4-3-6-22-13/h5,7-8,10,13H,3-4,6,9H2,1-2H3,(H,19,20)/t13-/m0/s1. The first kappa shape index (κ1) is 15.8. The Balaban J connectivity index is 1.55. The molecule has 0 saturated carbocycles. The Bertz CT molecular complexity index is 816. The number of rotatable bonds is 5. The Kier molecular flexibility index (Phi) is 4.39. The van der Waals surface area contributed by atoms with Gasteiger partial charge in [-0.15, -0.1) is 22.7 Å². The summed E-state index contributed by atoms with van der Waals surface area (Å²) >= 11 is 3.30. The Hall–Kier alpha value is -1.70. The van der Waals surface area contributed by atoms with Gasteiger partial charge in [-0.1, -0.05) is 0 Å². The normalized spacial score (nSPS) is 17.5. The lowest BCUT2D eigenvalue weighted by molar-refractivity contribution is 0.120. The van der Waals surface area contributed by atoms with Gasteiger partial charge in [-0.3, -0.25) is 4.57 Å². The van der Waals surface area contributed by atoms with Crippen molar-refractivity contribution in [3.8, 4) is 16.4 Å². The number of ether oxygens (including phenoxy) is 1. The fourth-order valence-electron chi connectivity index (χ4n) is 3.13. The van der Waals surface area contributed by atoms with Gasteiger partial charge in [0.15, 0.2) is 10.3 Å². The lowest BCUT2D eigenvalue weighted by Crippen LogP contribution is -2.18. The SMILES string of the molecule is Cc1cc(-c2csc(NC[C@@H]3CCCO3)n2)c(C)n1-c1nccs1. The molecule has 126 valence electrons. The van der Waals surface area contributed by atoms with Gasteiger partial charge >= 0.3 is 0 Å². The third-order valence-electron chi connectivity index (χ3n) is 4.33. The number of aromatic nitrogens is 3. The van der Waals surface area contributed by atoms with E-state index >= 15 is 0 Å². The molecular formula is C17H20N4OS2. The third-order valence-corrected chi connectivity index (χ3v) is 5.88. The van der Waals surface area contributed by atoms with Crippen LogP contribution in [-0.4, -0.2) is 33.8 Å². The molecule has 4 heterocycles. The van der Waals surface area contributed by atoms with Crippen LogP contribution in [0.5, 0.6) is 0 Å². The number of nitrogens with zero attached hydrogens (tertiary/aromatic N) is 3. The van der Waals surface area contributed by atoms with Gasteiger partial charge in [0, 0.05) is 47.1 Å². The zero-order valence-electron chi connectivity index (χ0n) is 13.8. The second kappa shape index (κ2) is 6.66. The maximum Gasteiger partial charge on any atom is 0.193 e. The molecule has 0 unspecified atom stereocenters. The smallest absolute Gasteiger partial charge is 0.193 e. The van der Waals surface area contributed by atoms with Gasteiger partial charge in [-0.2, -0.15) is 0 Å². The second-order valence-corrected chi connectivity index (χ2v) is 7.72. The molecule has 1 fully saturated rings. The molecule has 0 spiro atoms. The van der Waals surface area contributed by atoms with Crippen molar-refractivity contribution in [2.45, 2.75) is 32.8 Å². The minimum Gasteiger partial charge on any atom is -0.376 e. The highest BCUT2D eigenvalue weighted by atomic mass is 32.1. The molecule has 0 bridgehead atoms. The van der Waals surface area contributed by atoms with Crippen molar-refractivity contribution < 1.29 is 4.74 Å². The largest absolute Gasteiger partial charge is 0.376 e. The van der Waals surface area contributed by atoms with E-state index in [-0.39, 0.29) is 0 Å². The lowest BCUT2D eigenvalue weighted by Gasteiger charge is -2.09. The zero-order valence-corrected chi connectivity index (χ0v) is 15.4. The molecule has 4 rings (SSSR count). The van der Waals surface area contributed by atoms with Crippen LogP contribution in [0.2, 0.25) is 0 Å². The topological polar surface area (TPSA) is 52.0 Å². The highest BCUT2D eigenvalue weighted by Crippen LogP contribution is 2.32. The van der Waals surface area contributed by atoms with Gasteiger partial charge in [0.25, 0.3) is 0 Å². The van der Waals surface area contributed by atoms with Gasteiger partial charge in [0.05, 0.1) is 11.8 Å². The number of anilines is 1. The van der Waals surface area contributed by atoms with Gasteiger partial charge in [-0.05, 0) is 32.8 Å². The van der Waals surface area contributed by atoms with Gasteiger partial charge in [0.1, 0.15) is 0 Å². The van der Waals surface area contributed by atoms with E-state index in [0.717, 1.165) is 42.0 Å². The Morgan fingerprint density at radius 1 is 1.38 bits per heavy atom. The summed E-state index contributed by atoms with van der Waals surface area (Å²) in [6.07, 6.45) is 4.47. The lowest BCUT2D eigenvalue weighted by atomic mass is 10.2. The molecule has 0 aliphatic carbocycles. The number of hydrogen-bond donors (Lipinski definition) is 1. The molecule has 3 aromatic rings. The van der Waals surface area contributed by atoms with Crippen LogP contribution in [0.3, 0.4) is 0 Å². The van der Waals surface area contributed by atoms with E-state index in [0.29, 0.717) is 6.10 Å². The molecule has 1 aliphatic rings. The second-order valence-electron chi connectivity index (χ2n) is 5.99. The van der Waals surface area contributed by atoms with Crippen LogP contribution in [0.4, 0.5) is 5.13 Å². The minimum atomic E-state index is 0.326. The van der Waals surface area contributed by atoms with Crippen molar-refractivity contribution in [2.75, 3.05) is 18.5 Å². The predicted molar refractivity (Wildman–Crippen MR) is 99.5 cm³/mol. The fraction of sp³-hybridized carbons (Fsp3) is 0.412. The first-order chi connectivity index (χ1) is 11.7. The van der Waals surface area contributed by atoms with E-state index in [1.54, 1.807) is 22.7 Å². The Morgan fingerprint density at radius 2 is 2.29 bits per heavy atom. The molecule has 3 aromatic heterocycles. The molecule has 0 amide bonds. The molecule has 24 heavy (non-hydrogen) atoms. The van der Waals surface area contributed by atoms with Crippen molar-refractivity contribution in [2.24, 2.45) is 0 Å². The summed E-state index contributed by atoms with van der Waals surface area (Å²) in [5.41, 5.74) is 4.55. The van der Waals surface area contributed by atoms with Gasteiger partial charge < -0.3 is 10.1 Å². The summed E-state index contributed by atoms with van der Waals surface area (Å²) in [5, 5.41) is 9.49. The van der Waals surface area contributed by atoms with Crippen molar-refractivity contribution in [3.63, 3.8) is 0 Å². The quantitative estimate of drug-likeness (QED) is 0.738. The van der Waals surface area contributed by atoms with Crippen molar-refractivity contribution in [1.82, 2.24) is 14.5 Å². The molecule has 7 heteroatoms. The van der Waals surface area contributed by atoms with Crippen LogP contribution in [0.15, 0.2) is 23.0 Å². The molecule has 1 aliphatic heterocycles. The summed E-state index contributed by atoms with van der Waals surface area (Å²) in [6, 6.07) is 2.19. The Morgan fingerprint density at radius 3 is 3.04 bits per heavy atom. The van der Waals surface area contributed by atoms with Gasteiger partial charge in [-0.25, -0.2) is 9.97 Å². The zero-order chi connectivity index (χ0) is 16.5. The number of thiazole rings is 2. The summed E-state index contributed by atoms with van der Waals surface area (Å²) in [6.45, 7) is 5.96. The van der Waals surface area contributed by atoms with Gasteiger partial charge in [0.2, 0.25) is 0 Å². The molecule has 0 aromatic carbocycles. The highest BCUT2D eigenvalue weighted by Gasteiger charge is 2.18. The monoisotopic (exact) mass is 360 g/mol. The van der Waals surface area contributed by atoms with Crippen LogP contribution in [0.1, 0.15) is 24.2 Å².